The molecule has 0 saturated carbocycles. The average molecular weight is 399 g/mol. The van der Waals surface area contributed by atoms with Crippen molar-refractivity contribution in [1.29, 1.82) is 0 Å². The van der Waals surface area contributed by atoms with Crippen LogP contribution < -0.4 is 20.6 Å². The molecule has 0 aliphatic heterocycles. The van der Waals surface area contributed by atoms with Gasteiger partial charge in [0.2, 0.25) is 11.1 Å². The molecule has 0 aliphatic rings. The van der Waals surface area contributed by atoms with Gasteiger partial charge in [-0.05, 0) is 48.9 Å². The van der Waals surface area contributed by atoms with Gasteiger partial charge in [0, 0.05) is 5.69 Å². The fourth-order valence-corrected chi connectivity index (χ4v) is 3.05. The molecule has 8 nitrogen and oxygen atoms in total. The van der Waals surface area contributed by atoms with E-state index in [1.165, 1.54) is 16.4 Å². The number of thioether (sulfide) groups is 1. The molecule has 0 aliphatic carbocycles. The molecule has 0 radical (unpaired) electrons. The molecule has 3 N–H and O–H groups in total. The summed E-state index contributed by atoms with van der Waals surface area (Å²) in [4.78, 5) is 12.1. The van der Waals surface area contributed by atoms with Gasteiger partial charge >= 0.3 is 0 Å². The summed E-state index contributed by atoms with van der Waals surface area (Å²) in [6.45, 7) is 2.13. The molecular formula is C19H21N5O3S. The van der Waals surface area contributed by atoms with Gasteiger partial charge < -0.3 is 20.6 Å². The van der Waals surface area contributed by atoms with Crippen LogP contribution in [0.1, 0.15) is 11.4 Å². The molecule has 2 aromatic carbocycles. The molecule has 1 heterocycles. The number of aromatic nitrogens is 3. The Hall–Kier alpha value is -3.20. The maximum absolute atomic E-state index is 12.1. The van der Waals surface area contributed by atoms with Gasteiger partial charge in [-0.25, -0.2) is 4.68 Å². The molecule has 28 heavy (non-hydrogen) atoms. The normalized spacial score (nSPS) is 10.5. The van der Waals surface area contributed by atoms with E-state index in [9.17, 15) is 4.79 Å². The second kappa shape index (κ2) is 9.14. The first-order valence-corrected chi connectivity index (χ1v) is 9.49. The van der Waals surface area contributed by atoms with E-state index in [1.807, 2.05) is 31.2 Å². The Morgan fingerprint density at radius 2 is 1.93 bits per heavy atom. The van der Waals surface area contributed by atoms with E-state index >= 15 is 0 Å². The Morgan fingerprint density at radius 1 is 1.18 bits per heavy atom. The first-order chi connectivity index (χ1) is 13.5. The standard InChI is InChI=1S/C19H21N5O3S/c1-13-4-3-5-14(10-13)21-18(25)12-28-19-23-22-17(24(19)20)11-27-16-8-6-15(26-2)7-9-16/h3-10H,11-12,20H2,1-2H3,(H,21,25). The van der Waals surface area contributed by atoms with E-state index in [1.54, 1.807) is 31.4 Å². The first-order valence-electron chi connectivity index (χ1n) is 8.50. The van der Waals surface area contributed by atoms with E-state index in [4.69, 9.17) is 15.3 Å². The van der Waals surface area contributed by atoms with Crippen LogP contribution in [-0.4, -0.2) is 33.6 Å². The fourth-order valence-electron chi connectivity index (χ4n) is 2.37. The number of aryl methyl sites for hydroxylation is 1. The number of nitrogens with two attached hydrogens (primary N) is 1. The van der Waals surface area contributed by atoms with Crippen molar-refractivity contribution in [3.63, 3.8) is 0 Å². The molecule has 1 aromatic heterocycles. The molecule has 0 saturated heterocycles. The number of nitrogens with one attached hydrogen (secondary N) is 1. The van der Waals surface area contributed by atoms with E-state index in [0.29, 0.717) is 16.7 Å². The van der Waals surface area contributed by atoms with Crippen molar-refractivity contribution in [3.8, 4) is 11.5 Å². The summed E-state index contributed by atoms with van der Waals surface area (Å²) in [7, 11) is 1.60. The molecule has 146 valence electrons. The summed E-state index contributed by atoms with van der Waals surface area (Å²) in [5.41, 5.74) is 1.84. The summed E-state index contributed by atoms with van der Waals surface area (Å²) >= 11 is 1.21. The highest BCUT2D eigenvalue weighted by molar-refractivity contribution is 7.99. The van der Waals surface area contributed by atoms with Gasteiger partial charge in [-0.1, -0.05) is 23.9 Å². The lowest BCUT2D eigenvalue weighted by Crippen LogP contribution is -2.18. The number of carbonyl (C=O) groups is 1. The van der Waals surface area contributed by atoms with Gasteiger partial charge in [-0.2, -0.15) is 0 Å². The van der Waals surface area contributed by atoms with E-state index in [2.05, 4.69) is 15.5 Å². The summed E-state index contributed by atoms with van der Waals surface area (Å²) in [6.07, 6.45) is 0. The summed E-state index contributed by atoms with van der Waals surface area (Å²) in [5, 5.41) is 11.3. The molecule has 0 spiro atoms. The second-order valence-electron chi connectivity index (χ2n) is 5.94. The van der Waals surface area contributed by atoms with Crippen LogP contribution in [0.15, 0.2) is 53.7 Å². The Balaban J connectivity index is 1.51. The third-order valence-electron chi connectivity index (χ3n) is 3.80. The van der Waals surface area contributed by atoms with Crippen LogP contribution in [0.25, 0.3) is 0 Å². The van der Waals surface area contributed by atoms with Crippen molar-refractivity contribution in [1.82, 2.24) is 14.9 Å². The van der Waals surface area contributed by atoms with Crippen LogP contribution in [0.4, 0.5) is 5.69 Å². The number of ether oxygens (including phenoxy) is 2. The number of nitrogen functional groups attached to an aromatic ring is 1. The highest BCUT2D eigenvalue weighted by Crippen LogP contribution is 2.19. The minimum Gasteiger partial charge on any atom is -0.497 e. The van der Waals surface area contributed by atoms with Crippen LogP contribution in [0, 0.1) is 6.92 Å². The van der Waals surface area contributed by atoms with Gasteiger partial charge in [-0.3, -0.25) is 4.79 Å². The van der Waals surface area contributed by atoms with Crippen LogP contribution >= 0.6 is 11.8 Å². The molecule has 1 amide bonds. The van der Waals surface area contributed by atoms with E-state index in [0.717, 1.165) is 17.0 Å². The molecule has 0 bridgehead atoms. The minimum atomic E-state index is -0.144. The maximum Gasteiger partial charge on any atom is 0.234 e. The maximum atomic E-state index is 12.1. The number of methoxy groups -OCH3 is 1. The van der Waals surface area contributed by atoms with Crippen molar-refractivity contribution in [2.75, 3.05) is 24.0 Å². The molecule has 3 rings (SSSR count). The number of rotatable bonds is 8. The van der Waals surface area contributed by atoms with E-state index in [-0.39, 0.29) is 18.3 Å². The van der Waals surface area contributed by atoms with Gasteiger partial charge in [0.25, 0.3) is 0 Å². The Kier molecular flexibility index (Phi) is 6.38. The zero-order chi connectivity index (χ0) is 19.9. The van der Waals surface area contributed by atoms with Crippen molar-refractivity contribution in [2.45, 2.75) is 18.7 Å². The zero-order valence-electron chi connectivity index (χ0n) is 15.6. The Bertz CT molecular complexity index is 943. The fraction of sp³-hybridized carbons (Fsp3) is 0.211. The summed E-state index contributed by atoms with van der Waals surface area (Å²) < 4.78 is 12.1. The molecule has 0 atom stereocenters. The van der Waals surface area contributed by atoms with Gasteiger partial charge in [0.15, 0.2) is 5.82 Å². The van der Waals surface area contributed by atoms with Crippen molar-refractivity contribution >= 4 is 23.4 Å². The third kappa shape index (κ3) is 5.17. The van der Waals surface area contributed by atoms with Crippen LogP contribution in [0.2, 0.25) is 0 Å². The van der Waals surface area contributed by atoms with Gasteiger partial charge in [-0.15, -0.1) is 10.2 Å². The first kappa shape index (κ1) is 19.6. The summed E-state index contributed by atoms with van der Waals surface area (Å²) in [5.74, 6) is 7.90. The number of nitrogens with zero attached hydrogens (tertiary/aromatic N) is 3. The monoisotopic (exact) mass is 399 g/mol. The van der Waals surface area contributed by atoms with Crippen LogP contribution in [0.3, 0.4) is 0 Å². The largest absolute Gasteiger partial charge is 0.497 e. The zero-order valence-corrected chi connectivity index (χ0v) is 16.4. The lowest BCUT2D eigenvalue weighted by Gasteiger charge is -2.07. The van der Waals surface area contributed by atoms with E-state index < -0.39 is 0 Å². The Labute approximate surface area is 167 Å². The SMILES string of the molecule is COc1ccc(OCc2nnc(SCC(=O)Nc3cccc(C)c3)n2N)cc1. The number of hydrogen-bond acceptors (Lipinski definition) is 7. The molecule has 3 aromatic rings. The molecule has 9 heteroatoms. The number of benzene rings is 2. The van der Waals surface area contributed by atoms with Crippen molar-refractivity contribution in [3.05, 3.63) is 59.9 Å². The minimum absolute atomic E-state index is 0.144. The van der Waals surface area contributed by atoms with Crippen molar-refractivity contribution < 1.29 is 14.3 Å². The highest BCUT2D eigenvalue weighted by Gasteiger charge is 2.13. The number of amides is 1. The second-order valence-corrected chi connectivity index (χ2v) is 6.88. The van der Waals surface area contributed by atoms with Gasteiger partial charge in [0.1, 0.15) is 18.1 Å². The molecular weight excluding hydrogens is 378 g/mol. The lowest BCUT2D eigenvalue weighted by molar-refractivity contribution is -0.113. The number of carbonyl (C=O) groups excluding carboxylic acids is 1. The molecule has 0 fully saturated rings. The van der Waals surface area contributed by atoms with Gasteiger partial charge in [0.05, 0.1) is 12.9 Å². The quantitative estimate of drug-likeness (QED) is 0.443. The van der Waals surface area contributed by atoms with Crippen LogP contribution in [-0.2, 0) is 11.4 Å². The molecule has 0 unspecified atom stereocenters. The average Bonchev–Trinajstić information content (AvgIpc) is 3.05. The topological polar surface area (TPSA) is 104 Å². The highest BCUT2D eigenvalue weighted by atomic mass is 32.2. The predicted molar refractivity (Wildman–Crippen MR) is 108 cm³/mol. The Morgan fingerprint density at radius 3 is 2.64 bits per heavy atom. The van der Waals surface area contributed by atoms with Crippen molar-refractivity contribution in [2.24, 2.45) is 0 Å². The van der Waals surface area contributed by atoms with Crippen LogP contribution in [0.5, 0.6) is 11.5 Å². The number of hydrogen-bond donors (Lipinski definition) is 2. The number of anilines is 1. The lowest BCUT2D eigenvalue weighted by atomic mass is 10.2. The predicted octanol–water partition coefficient (Wildman–Crippen LogP) is 2.62. The summed E-state index contributed by atoms with van der Waals surface area (Å²) in [6, 6.07) is 14.8. The smallest absolute Gasteiger partial charge is 0.234 e. The third-order valence-corrected chi connectivity index (χ3v) is 4.74.